The first-order valence-corrected chi connectivity index (χ1v) is 7.82. The molecule has 0 aliphatic rings. The molecule has 0 radical (unpaired) electrons. The van der Waals surface area contributed by atoms with Crippen LogP contribution in [0.1, 0.15) is 23.9 Å². The maximum atomic E-state index is 12.1. The van der Waals surface area contributed by atoms with E-state index in [9.17, 15) is 14.9 Å². The Labute approximate surface area is 134 Å². The molecule has 0 bridgehead atoms. The molecule has 8 heteroatoms. The van der Waals surface area contributed by atoms with E-state index in [4.69, 9.17) is 4.42 Å². The van der Waals surface area contributed by atoms with Gasteiger partial charge >= 0.3 is 5.91 Å². The monoisotopic (exact) mass is 331 g/mol. The third-order valence-corrected chi connectivity index (χ3v) is 4.29. The van der Waals surface area contributed by atoms with Crippen molar-refractivity contribution in [2.24, 2.45) is 4.99 Å². The minimum Gasteiger partial charge on any atom is -0.459 e. The van der Waals surface area contributed by atoms with Gasteiger partial charge in [-0.05, 0) is 24.6 Å². The average Bonchev–Trinajstić information content (AvgIpc) is 3.16. The molecule has 3 aromatic rings. The van der Waals surface area contributed by atoms with Gasteiger partial charge in [-0.25, -0.2) is 0 Å². The van der Waals surface area contributed by atoms with E-state index in [1.165, 1.54) is 29.7 Å². The number of benzene rings is 1. The summed E-state index contributed by atoms with van der Waals surface area (Å²) in [4.78, 5) is 27.2. The van der Waals surface area contributed by atoms with Gasteiger partial charge in [0.05, 0.1) is 21.4 Å². The fraction of sp³-hybridized carbons (Fsp3) is 0.200. The Hall–Kier alpha value is -2.74. The first kappa shape index (κ1) is 15.2. The summed E-state index contributed by atoms with van der Waals surface area (Å²) in [6.45, 7) is 2.68. The summed E-state index contributed by atoms with van der Waals surface area (Å²) in [6, 6.07) is 7.82. The van der Waals surface area contributed by atoms with E-state index >= 15 is 0 Å². The number of aromatic nitrogens is 1. The lowest BCUT2D eigenvalue weighted by atomic mass is 10.3. The van der Waals surface area contributed by atoms with Gasteiger partial charge in [0.1, 0.15) is 0 Å². The fourth-order valence-corrected chi connectivity index (χ4v) is 3.33. The number of carbonyl (C=O) groups is 1. The number of carbonyl (C=O) groups excluding carboxylic acids is 1. The third-order valence-electron chi connectivity index (χ3n) is 3.25. The van der Waals surface area contributed by atoms with Crippen molar-refractivity contribution < 1.29 is 14.1 Å². The normalized spacial score (nSPS) is 12.0. The minimum atomic E-state index is -0.471. The third kappa shape index (κ3) is 2.93. The Kier molecular flexibility index (Phi) is 4.07. The molecule has 3 rings (SSSR count). The molecule has 0 fully saturated rings. The summed E-state index contributed by atoms with van der Waals surface area (Å²) in [5.74, 6) is -0.308. The van der Waals surface area contributed by atoms with Crippen molar-refractivity contribution in [1.82, 2.24) is 4.57 Å². The summed E-state index contributed by atoms with van der Waals surface area (Å²) in [7, 11) is 0. The largest absolute Gasteiger partial charge is 0.459 e. The molecule has 2 heterocycles. The van der Waals surface area contributed by atoms with Crippen molar-refractivity contribution in [1.29, 1.82) is 0 Å². The Morgan fingerprint density at radius 3 is 2.91 bits per heavy atom. The van der Waals surface area contributed by atoms with Crippen LogP contribution in [-0.2, 0) is 6.54 Å². The van der Waals surface area contributed by atoms with Gasteiger partial charge in [-0.15, -0.1) is 0 Å². The lowest BCUT2D eigenvalue weighted by Gasteiger charge is -2.02. The van der Waals surface area contributed by atoms with Crippen LogP contribution >= 0.6 is 11.3 Å². The van der Waals surface area contributed by atoms with Crippen LogP contribution in [0.5, 0.6) is 0 Å². The number of fused-ring (bicyclic) bond motifs is 1. The van der Waals surface area contributed by atoms with Crippen LogP contribution in [0.15, 0.2) is 46.0 Å². The predicted octanol–water partition coefficient (Wildman–Crippen LogP) is 3.36. The van der Waals surface area contributed by atoms with Crippen LogP contribution < -0.4 is 4.80 Å². The number of thiazole rings is 1. The molecule has 0 unspecified atom stereocenters. The van der Waals surface area contributed by atoms with Crippen LogP contribution in [0.2, 0.25) is 0 Å². The van der Waals surface area contributed by atoms with E-state index in [0.717, 1.165) is 16.6 Å². The van der Waals surface area contributed by atoms with E-state index in [-0.39, 0.29) is 11.4 Å². The highest BCUT2D eigenvalue weighted by Gasteiger charge is 2.13. The highest BCUT2D eigenvalue weighted by atomic mass is 32.1. The van der Waals surface area contributed by atoms with Crippen molar-refractivity contribution >= 4 is 33.1 Å². The van der Waals surface area contributed by atoms with E-state index < -0.39 is 10.8 Å². The van der Waals surface area contributed by atoms with Crippen LogP contribution in [0.3, 0.4) is 0 Å². The Bertz CT molecular complexity index is 937. The molecule has 0 aliphatic carbocycles. The number of hydrogen-bond donors (Lipinski definition) is 0. The van der Waals surface area contributed by atoms with Crippen LogP contribution in [0.4, 0.5) is 5.69 Å². The second kappa shape index (κ2) is 6.17. The number of non-ortho nitro benzene ring substituents is 1. The zero-order valence-corrected chi connectivity index (χ0v) is 13.1. The van der Waals surface area contributed by atoms with Crippen molar-refractivity contribution in [3.8, 4) is 0 Å². The SMILES string of the molecule is CCCn1c(=NC(=O)c2ccco2)sc2cc([N+](=O)[O-])ccc21. The molecule has 0 spiro atoms. The van der Waals surface area contributed by atoms with Crippen LogP contribution in [0.25, 0.3) is 10.2 Å². The Morgan fingerprint density at radius 1 is 1.43 bits per heavy atom. The van der Waals surface area contributed by atoms with Gasteiger partial charge in [-0.3, -0.25) is 14.9 Å². The summed E-state index contributed by atoms with van der Waals surface area (Å²) in [6.07, 6.45) is 2.27. The molecule has 0 atom stereocenters. The molecular weight excluding hydrogens is 318 g/mol. The first-order chi connectivity index (χ1) is 11.1. The summed E-state index contributed by atoms with van der Waals surface area (Å²) >= 11 is 1.25. The van der Waals surface area contributed by atoms with Crippen LogP contribution in [-0.4, -0.2) is 15.4 Å². The molecule has 1 aromatic carbocycles. The van der Waals surface area contributed by atoms with Gasteiger partial charge in [0.25, 0.3) is 5.69 Å². The van der Waals surface area contributed by atoms with Crippen molar-refractivity contribution in [2.75, 3.05) is 0 Å². The molecule has 1 amide bonds. The molecule has 0 N–H and O–H groups in total. The van der Waals surface area contributed by atoms with Crippen molar-refractivity contribution in [2.45, 2.75) is 19.9 Å². The molecule has 0 saturated carbocycles. The highest BCUT2D eigenvalue weighted by Crippen LogP contribution is 2.23. The lowest BCUT2D eigenvalue weighted by molar-refractivity contribution is -0.384. The van der Waals surface area contributed by atoms with Gasteiger partial charge in [0.2, 0.25) is 0 Å². The number of aryl methyl sites for hydroxylation is 1. The fourth-order valence-electron chi connectivity index (χ4n) is 2.24. The molecular formula is C15H13N3O4S. The second-order valence-corrected chi connectivity index (χ2v) is 5.85. The Balaban J connectivity index is 2.17. The summed E-state index contributed by atoms with van der Waals surface area (Å²) < 4.78 is 7.67. The van der Waals surface area contributed by atoms with E-state index in [2.05, 4.69) is 4.99 Å². The number of rotatable bonds is 4. The van der Waals surface area contributed by atoms with E-state index in [1.807, 2.05) is 11.5 Å². The van der Waals surface area contributed by atoms with Gasteiger partial charge in [0, 0.05) is 18.7 Å². The predicted molar refractivity (Wildman–Crippen MR) is 85.4 cm³/mol. The zero-order valence-electron chi connectivity index (χ0n) is 12.3. The summed E-state index contributed by atoms with van der Waals surface area (Å²) in [5.41, 5.74) is 0.847. The molecule has 7 nitrogen and oxygen atoms in total. The van der Waals surface area contributed by atoms with Crippen molar-refractivity contribution in [3.63, 3.8) is 0 Å². The van der Waals surface area contributed by atoms with Gasteiger partial charge < -0.3 is 8.98 Å². The number of furan rings is 1. The number of amides is 1. The second-order valence-electron chi connectivity index (χ2n) is 4.84. The van der Waals surface area contributed by atoms with Gasteiger partial charge in [0.15, 0.2) is 10.6 Å². The average molecular weight is 331 g/mol. The topological polar surface area (TPSA) is 90.6 Å². The van der Waals surface area contributed by atoms with Crippen molar-refractivity contribution in [3.05, 3.63) is 57.3 Å². The standard InChI is InChI=1S/C15H13N3O4S/c1-2-7-17-11-6-5-10(18(20)21)9-13(11)23-15(17)16-14(19)12-4-3-8-22-12/h3-6,8-9H,2,7H2,1H3. The number of hydrogen-bond acceptors (Lipinski definition) is 5. The van der Waals surface area contributed by atoms with Crippen LogP contribution in [0, 0.1) is 10.1 Å². The maximum Gasteiger partial charge on any atom is 0.315 e. The molecule has 2 aromatic heterocycles. The lowest BCUT2D eigenvalue weighted by Crippen LogP contribution is -2.16. The first-order valence-electron chi connectivity index (χ1n) is 7.00. The highest BCUT2D eigenvalue weighted by molar-refractivity contribution is 7.16. The van der Waals surface area contributed by atoms with Gasteiger partial charge in [-0.1, -0.05) is 18.3 Å². The van der Waals surface area contributed by atoms with E-state index in [1.54, 1.807) is 18.2 Å². The number of nitro groups is 1. The molecule has 23 heavy (non-hydrogen) atoms. The zero-order chi connectivity index (χ0) is 16.4. The quantitative estimate of drug-likeness (QED) is 0.541. The van der Waals surface area contributed by atoms with Gasteiger partial charge in [-0.2, -0.15) is 4.99 Å². The maximum absolute atomic E-state index is 12.1. The van der Waals surface area contributed by atoms with E-state index in [0.29, 0.717) is 11.3 Å². The molecule has 0 saturated heterocycles. The number of nitro benzene ring substituents is 1. The molecule has 118 valence electrons. The number of nitrogens with zero attached hydrogens (tertiary/aromatic N) is 3. The smallest absolute Gasteiger partial charge is 0.315 e. The summed E-state index contributed by atoms with van der Waals surface area (Å²) in [5, 5.41) is 10.9. The molecule has 0 aliphatic heterocycles. The minimum absolute atomic E-state index is 0.0197. The Morgan fingerprint density at radius 2 is 2.26 bits per heavy atom.